The van der Waals surface area contributed by atoms with Gasteiger partial charge in [0.1, 0.15) is 0 Å². The Hall–Kier alpha value is -1.31. The average Bonchev–Trinajstić information content (AvgIpc) is 3.12. The molecular formula is C15H20O2. The molecule has 1 fully saturated rings. The van der Waals surface area contributed by atoms with Gasteiger partial charge in [0.2, 0.25) is 0 Å². The van der Waals surface area contributed by atoms with Crippen LogP contribution in [0.2, 0.25) is 0 Å². The molecule has 0 bridgehead atoms. The summed E-state index contributed by atoms with van der Waals surface area (Å²) in [7, 11) is 0. The molecule has 0 N–H and O–H groups in total. The van der Waals surface area contributed by atoms with Crippen molar-refractivity contribution in [3.63, 3.8) is 0 Å². The van der Waals surface area contributed by atoms with Gasteiger partial charge in [-0.15, -0.1) is 0 Å². The van der Waals surface area contributed by atoms with E-state index in [1.165, 1.54) is 11.1 Å². The van der Waals surface area contributed by atoms with Crippen LogP contribution in [0.3, 0.4) is 0 Å². The van der Waals surface area contributed by atoms with Crippen LogP contribution < -0.4 is 0 Å². The van der Waals surface area contributed by atoms with Crippen molar-refractivity contribution >= 4 is 5.97 Å². The van der Waals surface area contributed by atoms with Gasteiger partial charge in [-0.2, -0.15) is 0 Å². The van der Waals surface area contributed by atoms with Crippen molar-refractivity contribution in [2.75, 3.05) is 6.61 Å². The predicted octanol–water partition coefficient (Wildman–Crippen LogP) is 3.23. The van der Waals surface area contributed by atoms with Crippen LogP contribution in [0.25, 0.3) is 0 Å². The van der Waals surface area contributed by atoms with Crippen molar-refractivity contribution in [3.05, 3.63) is 35.4 Å². The summed E-state index contributed by atoms with van der Waals surface area (Å²) < 4.78 is 5.22. The Bertz CT molecular complexity index is 405. The first-order chi connectivity index (χ1) is 8.24. The molecule has 17 heavy (non-hydrogen) atoms. The highest BCUT2D eigenvalue weighted by Crippen LogP contribution is 2.50. The van der Waals surface area contributed by atoms with E-state index in [1.807, 2.05) is 13.0 Å². The van der Waals surface area contributed by atoms with Crippen LogP contribution in [0.1, 0.15) is 44.2 Å². The topological polar surface area (TPSA) is 26.3 Å². The number of carbonyl (C=O) groups excluding carboxylic acids is 1. The van der Waals surface area contributed by atoms with E-state index in [2.05, 4.69) is 25.1 Å². The van der Waals surface area contributed by atoms with Crippen molar-refractivity contribution < 1.29 is 9.53 Å². The number of hydrogen-bond donors (Lipinski definition) is 0. The highest BCUT2D eigenvalue weighted by molar-refractivity contribution is 5.87. The molecule has 1 saturated carbocycles. The van der Waals surface area contributed by atoms with Gasteiger partial charge >= 0.3 is 5.97 Å². The lowest BCUT2D eigenvalue weighted by Crippen LogP contribution is -2.24. The lowest BCUT2D eigenvalue weighted by Gasteiger charge is -2.17. The van der Waals surface area contributed by atoms with Gasteiger partial charge in [-0.3, -0.25) is 4.79 Å². The Kier molecular flexibility index (Phi) is 3.51. The maximum atomic E-state index is 12.1. The van der Waals surface area contributed by atoms with Crippen molar-refractivity contribution in [1.29, 1.82) is 0 Å². The minimum Gasteiger partial charge on any atom is -0.465 e. The largest absolute Gasteiger partial charge is 0.465 e. The third-order valence-electron chi connectivity index (χ3n) is 3.47. The molecule has 1 aliphatic rings. The van der Waals surface area contributed by atoms with E-state index in [-0.39, 0.29) is 11.4 Å². The van der Waals surface area contributed by atoms with Crippen molar-refractivity contribution in [3.8, 4) is 0 Å². The number of esters is 1. The van der Waals surface area contributed by atoms with Crippen LogP contribution in [-0.4, -0.2) is 12.6 Å². The average molecular weight is 232 g/mol. The number of aryl methyl sites for hydroxylation is 1. The molecule has 0 aliphatic heterocycles. The summed E-state index contributed by atoms with van der Waals surface area (Å²) in [5, 5.41) is 0. The summed E-state index contributed by atoms with van der Waals surface area (Å²) in [4.78, 5) is 12.1. The second-order valence-corrected chi connectivity index (χ2v) is 4.71. The first-order valence-electron chi connectivity index (χ1n) is 6.50. The van der Waals surface area contributed by atoms with E-state index < -0.39 is 0 Å². The summed E-state index contributed by atoms with van der Waals surface area (Å²) in [6.07, 6.45) is 4.02. The molecule has 0 atom stereocenters. The van der Waals surface area contributed by atoms with Crippen LogP contribution in [0.4, 0.5) is 0 Å². The van der Waals surface area contributed by atoms with Crippen LogP contribution in [0, 0.1) is 0 Å². The Balaban J connectivity index is 2.30. The molecule has 2 heteroatoms. The van der Waals surface area contributed by atoms with Crippen LogP contribution in [0.15, 0.2) is 24.3 Å². The fourth-order valence-corrected chi connectivity index (χ4v) is 2.45. The quantitative estimate of drug-likeness (QED) is 0.728. The summed E-state index contributed by atoms with van der Waals surface area (Å²) in [6, 6.07) is 8.30. The standard InChI is InChI=1S/C15H20O2/c1-3-7-12-8-5-6-9-13(12)15(10-11-15)14(16)17-4-2/h5-6,8-9H,3-4,7,10-11H2,1-2H3. The first kappa shape index (κ1) is 12.2. The normalized spacial score (nSPS) is 16.6. The number of benzene rings is 1. The number of ether oxygens (including phenoxy) is 1. The Morgan fingerprint density at radius 2 is 2.00 bits per heavy atom. The highest BCUT2D eigenvalue weighted by Gasteiger charge is 2.53. The van der Waals surface area contributed by atoms with E-state index in [4.69, 9.17) is 4.74 Å². The van der Waals surface area contributed by atoms with E-state index in [9.17, 15) is 4.79 Å². The lowest BCUT2D eigenvalue weighted by molar-refractivity contribution is -0.146. The maximum absolute atomic E-state index is 12.1. The highest BCUT2D eigenvalue weighted by atomic mass is 16.5. The van der Waals surface area contributed by atoms with Gasteiger partial charge in [-0.25, -0.2) is 0 Å². The number of hydrogen-bond acceptors (Lipinski definition) is 2. The molecule has 0 spiro atoms. The summed E-state index contributed by atoms with van der Waals surface area (Å²) in [5.74, 6) is -0.0384. The number of carbonyl (C=O) groups is 1. The second kappa shape index (κ2) is 4.91. The molecule has 1 aromatic rings. The zero-order valence-electron chi connectivity index (χ0n) is 10.7. The summed E-state index contributed by atoms with van der Waals surface area (Å²) >= 11 is 0. The Labute approximate surface area is 103 Å². The summed E-state index contributed by atoms with van der Waals surface area (Å²) in [5.41, 5.74) is 2.18. The van der Waals surface area contributed by atoms with Gasteiger partial charge < -0.3 is 4.74 Å². The van der Waals surface area contributed by atoms with Crippen LogP contribution in [-0.2, 0) is 21.4 Å². The fourth-order valence-electron chi connectivity index (χ4n) is 2.45. The van der Waals surface area contributed by atoms with Crippen LogP contribution >= 0.6 is 0 Å². The van der Waals surface area contributed by atoms with E-state index in [1.54, 1.807) is 0 Å². The van der Waals surface area contributed by atoms with E-state index >= 15 is 0 Å². The third kappa shape index (κ3) is 2.21. The van der Waals surface area contributed by atoms with Crippen molar-refractivity contribution in [2.24, 2.45) is 0 Å². The molecule has 2 rings (SSSR count). The monoisotopic (exact) mass is 232 g/mol. The molecule has 0 amide bonds. The molecule has 0 aromatic heterocycles. The predicted molar refractivity (Wildman–Crippen MR) is 68.0 cm³/mol. The van der Waals surface area contributed by atoms with Gasteiger partial charge in [0.05, 0.1) is 12.0 Å². The molecule has 1 aliphatic carbocycles. The van der Waals surface area contributed by atoms with Gasteiger partial charge in [0.25, 0.3) is 0 Å². The van der Waals surface area contributed by atoms with Gasteiger partial charge in [0, 0.05) is 0 Å². The van der Waals surface area contributed by atoms with Gasteiger partial charge in [-0.05, 0) is 37.3 Å². The smallest absolute Gasteiger partial charge is 0.316 e. The van der Waals surface area contributed by atoms with Crippen molar-refractivity contribution in [2.45, 2.75) is 44.9 Å². The molecule has 92 valence electrons. The molecule has 2 nitrogen and oxygen atoms in total. The molecular weight excluding hydrogens is 212 g/mol. The number of rotatable bonds is 5. The molecule has 1 aromatic carbocycles. The SMILES string of the molecule is CCCc1ccccc1C1(C(=O)OCC)CC1. The summed E-state index contributed by atoms with van der Waals surface area (Å²) in [6.45, 7) is 4.50. The van der Waals surface area contributed by atoms with Gasteiger partial charge in [0.15, 0.2) is 0 Å². The molecule has 0 heterocycles. The first-order valence-corrected chi connectivity index (χ1v) is 6.50. The fraction of sp³-hybridized carbons (Fsp3) is 0.533. The van der Waals surface area contributed by atoms with Crippen LogP contribution in [0.5, 0.6) is 0 Å². The van der Waals surface area contributed by atoms with Gasteiger partial charge in [-0.1, -0.05) is 37.6 Å². The van der Waals surface area contributed by atoms with E-state index in [0.717, 1.165) is 25.7 Å². The molecule has 0 unspecified atom stereocenters. The maximum Gasteiger partial charge on any atom is 0.316 e. The lowest BCUT2D eigenvalue weighted by atomic mass is 9.89. The second-order valence-electron chi connectivity index (χ2n) is 4.71. The zero-order valence-corrected chi connectivity index (χ0v) is 10.7. The minimum absolute atomic E-state index is 0.0384. The minimum atomic E-state index is -0.318. The molecule has 0 saturated heterocycles. The van der Waals surface area contributed by atoms with Crippen molar-refractivity contribution in [1.82, 2.24) is 0 Å². The zero-order chi connectivity index (χ0) is 12.3. The third-order valence-corrected chi connectivity index (χ3v) is 3.47. The van der Waals surface area contributed by atoms with E-state index in [0.29, 0.717) is 6.61 Å². The Morgan fingerprint density at radius 3 is 2.59 bits per heavy atom. The molecule has 0 radical (unpaired) electrons. The Morgan fingerprint density at radius 1 is 1.29 bits per heavy atom.